The van der Waals surface area contributed by atoms with Crippen LogP contribution in [0.15, 0.2) is 12.4 Å². The van der Waals surface area contributed by atoms with Crippen molar-refractivity contribution >= 4 is 6.16 Å². The molecule has 0 aromatic carbocycles. The van der Waals surface area contributed by atoms with Gasteiger partial charge in [0.25, 0.3) is 0 Å². The predicted octanol–water partition coefficient (Wildman–Crippen LogP) is 0.842. The highest BCUT2D eigenvalue weighted by atomic mass is 16.7. The summed E-state index contributed by atoms with van der Waals surface area (Å²) >= 11 is 0. The average Bonchev–Trinajstić information content (AvgIpc) is 1.85. The average molecular weight is 154 g/mol. The number of ether oxygens (including phenoxy) is 1. The summed E-state index contributed by atoms with van der Waals surface area (Å²) in [6.07, 6.45) is 1.36. The maximum atomic E-state index is 9.99. The van der Waals surface area contributed by atoms with Gasteiger partial charge in [-0.05, 0) is 6.92 Å². The Balaban J connectivity index is 2.79. The van der Waals surface area contributed by atoms with Gasteiger partial charge in [-0.15, -0.1) is 0 Å². The molecule has 0 aliphatic heterocycles. The Labute approximate surface area is 62.7 Å². The molecule has 1 rings (SSSR count). The van der Waals surface area contributed by atoms with Crippen molar-refractivity contribution in [1.82, 2.24) is 9.97 Å². The molecule has 0 fully saturated rings. The van der Waals surface area contributed by atoms with Crippen molar-refractivity contribution in [2.45, 2.75) is 6.92 Å². The molecule has 1 heterocycles. The zero-order valence-electron chi connectivity index (χ0n) is 5.81. The maximum Gasteiger partial charge on any atom is 0.512 e. The quantitative estimate of drug-likeness (QED) is 0.607. The summed E-state index contributed by atoms with van der Waals surface area (Å²) in [5.74, 6) is -0.00231. The number of carboxylic acid groups (broad SMARTS) is 1. The summed E-state index contributed by atoms with van der Waals surface area (Å²) in [6.45, 7) is 1.70. The largest absolute Gasteiger partial charge is 0.512 e. The third-order valence-electron chi connectivity index (χ3n) is 0.925. The topological polar surface area (TPSA) is 72.3 Å². The maximum absolute atomic E-state index is 9.99. The lowest BCUT2D eigenvalue weighted by molar-refractivity contribution is 0.142. The first-order valence-corrected chi connectivity index (χ1v) is 2.88. The lowest BCUT2D eigenvalue weighted by atomic mass is 10.5. The van der Waals surface area contributed by atoms with Crippen LogP contribution in [-0.4, -0.2) is 21.2 Å². The molecule has 1 aromatic heterocycles. The van der Waals surface area contributed by atoms with Crippen LogP contribution in [0, 0.1) is 6.92 Å². The Bertz CT molecular complexity index is 274. The summed E-state index contributed by atoms with van der Waals surface area (Å²) in [7, 11) is 0. The molecule has 0 saturated heterocycles. The van der Waals surface area contributed by atoms with Crippen LogP contribution in [0.1, 0.15) is 5.69 Å². The highest BCUT2D eigenvalue weighted by Gasteiger charge is 2.01. The molecule has 5 heteroatoms. The summed E-state index contributed by atoms with van der Waals surface area (Å²) in [6, 6.07) is 0. The first-order valence-electron chi connectivity index (χ1n) is 2.88. The second-order valence-electron chi connectivity index (χ2n) is 1.87. The van der Waals surface area contributed by atoms with Gasteiger partial charge in [0.2, 0.25) is 5.88 Å². The Morgan fingerprint density at radius 2 is 2.36 bits per heavy atom. The summed E-state index contributed by atoms with van der Waals surface area (Å²) in [5.41, 5.74) is 0.615. The molecule has 0 radical (unpaired) electrons. The van der Waals surface area contributed by atoms with Crippen molar-refractivity contribution in [3.63, 3.8) is 0 Å². The molecule has 0 aliphatic rings. The fraction of sp³-hybridized carbons (Fsp3) is 0.167. The third-order valence-corrected chi connectivity index (χ3v) is 0.925. The number of hydrogen-bond donors (Lipinski definition) is 1. The van der Waals surface area contributed by atoms with Gasteiger partial charge in [0.05, 0.1) is 11.9 Å². The number of aryl methyl sites for hydroxylation is 1. The summed E-state index contributed by atoms with van der Waals surface area (Å²) in [4.78, 5) is 17.4. The zero-order chi connectivity index (χ0) is 8.27. The molecular weight excluding hydrogens is 148 g/mol. The molecule has 58 valence electrons. The number of nitrogens with zero attached hydrogens (tertiary/aromatic N) is 2. The van der Waals surface area contributed by atoms with Crippen LogP contribution >= 0.6 is 0 Å². The minimum atomic E-state index is -1.38. The first-order chi connectivity index (χ1) is 5.18. The smallest absolute Gasteiger partial charge is 0.449 e. The fourth-order valence-corrected chi connectivity index (χ4v) is 0.579. The van der Waals surface area contributed by atoms with E-state index in [-0.39, 0.29) is 5.88 Å². The monoisotopic (exact) mass is 154 g/mol. The van der Waals surface area contributed by atoms with E-state index in [9.17, 15) is 4.79 Å². The van der Waals surface area contributed by atoms with Crippen molar-refractivity contribution in [3.05, 3.63) is 18.1 Å². The van der Waals surface area contributed by atoms with Gasteiger partial charge in [-0.1, -0.05) is 0 Å². The van der Waals surface area contributed by atoms with Crippen molar-refractivity contribution < 1.29 is 14.6 Å². The van der Waals surface area contributed by atoms with Crippen LogP contribution in [0.3, 0.4) is 0 Å². The summed E-state index contributed by atoms with van der Waals surface area (Å²) < 4.78 is 4.24. The Morgan fingerprint density at radius 1 is 1.64 bits per heavy atom. The van der Waals surface area contributed by atoms with E-state index in [0.29, 0.717) is 5.69 Å². The van der Waals surface area contributed by atoms with Gasteiger partial charge in [0, 0.05) is 6.20 Å². The van der Waals surface area contributed by atoms with Gasteiger partial charge in [0.15, 0.2) is 0 Å². The third kappa shape index (κ3) is 2.21. The molecule has 0 spiro atoms. The highest BCUT2D eigenvalue weighted by Crippen LogP contribution is 2.03. The van der Waals surface area contributed by atoms with Crippen LogP contribution in [0.25, 0.3) is 0 Å². The second-order valence-corrected chi connectivity index (χ2v) is 1.87. The van der Waals surface area contributed by atoms with E-state index < -0.39 is 6.16 Å². The standard InChI is InChI=1S/C6H6N2O3/c1-4-2-7-3-5(8-4)11-6(9)10/h2-3H,1H3,(H,9,10). The molecule has 0 bridgehead atoms. The van der Waals surface area contributed by atoms with Gasteiger partial charge < -0.3 is 9.84 Å². The van der Waals surface area contributed by atoms with Crippen LogP contribution < -0.4 is 4.74 Å². The van der Waals surface area contributed by atoms with Crippen LogP contribution in [0.4, 0.5) is 4.79 Å². The normalized spacial score (nSPS) is 9.18. The lowest BCUT2D eigenvalue weighted by Gasteiger charge is -1.96. The fourth-order valence-electron chi connectivity index (χ4n) is 0.579. The van der Waals surface area contributed by atoms with Crippen LogP contribution in [0.2, 0.25) is 0 Å². The molecule has 0 atom stereocenters. The number of aromatic nitrogens is 2. The predicted molar refractivity (Wildman–Crippen MR) is 35.4 cm³/mol. The van der Waals surface area contributed by atoms with Gasteiger partial charge >= 0.3 is 6.16 Å². The molecule has 0 saturated carbocycles. The summed E-state index contributed by atoms with van der Waals surface area (Å²) in [5, 5.41) is 8.17. The van der Waals surface area contributed by atoms with E-state index in [2.05, 4.69) is 14.7 Å². The van der Waals surface area contributed by atoms with Gasteiger partial charge in [0.1, 0.15) is 0 Å². The SMILES string of the molecule is Cc1cncc(OC(=O)O)n1. The number of carbonyl (C=O) groups is 1. The molecule has 0 amide bonds. The van der Waals surface area contributed by atoms with Gasteiger partial charge in [-0.25, -0.2) is 9.78 Å². The Hall–Kier alpha value is -1.65. The molecule has 0 unspecified atom stereocenters. The van der Waals surface area contributed by atoms with E-state index in [1.807, 2.05) is 0 Å². The molecule has 11 heavy (non-hydrogen) atoms. The van der Waals surface area contributed by atoms with Crippen molar-refractivity contribution in [1.29, 1.82) is 0 Å². The zero-order valence-corrected chi connectivity index (χ0v) is 5.81. The Morgan fingerprint density at radius 3 is 2.91 bits per heavy atom. The van der Waals surface area contributed by atoms with E-state index in [0.717, 1.165) is 0 Å². The minimum Gasteiger partial charge on any atom is -0.449 e. The van der Waals surface area contributed by atoms with Crippen molar-refractivity contribution in [2.24, 2.45) is 0 Å². The minimum absolute atomic E-state index is 0.00231. The second kappa shape index (κ2) is 2.96. The van der Waals surface area contributed by atoms with Crippen molar-refractivity contribution in [3.8, 4) is 5.88 Å². The van der Waals surface area contributed by atoms with E-state index in [1.54, 1.807) is 6.92 Å². The van der Waals surface area contributed by atoms with E-state index in [4.69, 9.17) is 5.11 Å². The number of hydrogen-bond acceptors (Lipinski definition) is 4. The molecule has 0 aliphatic carbocycles. The lowest BCUT2D eigenvalue weighted by Crippen LogP contribution is -2.05. The Kier molecular flexibility index (Phi) is 2.00. The van der Waals surface area contributed by atoms with E-state index in [1.165, 1.54) is 12.4 Å². The van der Waals surface area contributed by atoms with Crippen LogP contribution in [0.5, 0.6) is 5.88 Å². The molecule has 1 aromatic rings. The molecule has 5 nitrogen and oxygen atoms in total. The first kappa shape index (κ1) is 7.46. The number of rotatable bonds is 1. The van der Waals surface area contributed by atoms with Gasteiger partial charge in [-0.2, -0.15) is 0 Å². The van der Waals surface area contributed by atoms with E-state index >= 15 is 0 Å². The molecule has 1 N–H and O–H groups in total. The van der Waals surface area contributed by atoms with Crippen molar-refractivity contribution in [2.75, 3.05) is 0 Å². The van der Waals surface area contributed by atoms with Crippen LogP contribution in [-0.2, 0) is 0 Å². The molecular formula is C6H6N2O3. The highest BCUT2D eigenvalue weighted by molar-refractivity contribution is 5.60. The van der Waals surface area contributed by atoms with Gasteiger partial charge in [-0.3, -0.25) is 4.98 Å².